The Morgan fingerprint density at radius 2 is 2.29 bits per heavy atom. The van der Waals surface area contributed by atoms with E-state index in [1.54, 1.807) is 0 Å². The summed E-state index contributed by atoms with van der Waals surface area (Å²) in [6, 6.07) is 4.03. The van der Waals surface area contributed by atoms with Crippen LogP contribution in [0, 0.1) is 0 Å². The fraction of sp³-hybridized carbons (Fsp3) is 0.400. The van der Waals surface area contributed by atoms with E-state index in [0.717, 1.165) is 17.0 Å². The summed E-state index contributed by atoms with van der Waals surface area (Å²) in [6.07, 6.45) is 4.52. The Morgan fingerprint density at radius 3 is 3.00 bits per heavy atom. The molecule has 0 aliphatic heterocycles. The summed E-state index contributed by atoms with van der Waals surface area (Å²) in [7, 11) is 0. The van der Waals surface area contributed by atoms with Gasteiger partial charge in [-0.2, -0.15) is 0 Å². The monoisotopic (exact) mass is 188 g/mol. The van der Waals surface area contributed by atoms with Gasteiger partial charge in [0.15, 0.2) is 5.65 Å². The van der Waals surface area contributed by atoms with Gasteiger partial charge in [-0.3, -0.25) is 4.40 Å². The molecular formula is C10H12N4. The Labute approximate surface area is 81.8 Å². The normalized spacial score (nSPS) is 16.4. The van der Waals surface area contributed by atoms with Crippen molar-refractivity contribution in [1.82, 2.24) is 14.6 Å². The molecule has 1 saturated carbocycles. The molecule has 1 aliphatic rings. The maximum atomic E-state index is 5.56. The number of nitrogens with zero attached hydrogens (tertiary/aromatic N) is 3. The standard InChI is InChI=1S/C10H12N4/c11-6-7-3-4-14-9(5-7)12-13-10(14)8-1-2-8/h3-5,8H,1-2,6,11H2. The molecule has 2 aromatic heterocycles. The van der Waals surface area contributed by atoms with Crippen LogP contribution >= 0.6 is 0 Å². The highest BCUT2D eigenvalue weighted by atomic mass is 15.2. The molecule has 4 nitrogen and oxygen atoms in total. The summed E-state index contributed by atoms with van der Waals surface area (Å²) in [6.45, 7) is 0.558. The van der Waals surface area contributed by atoms with Crippen molar-refractivity contribution in [1.29, 1.82) is 0 Å². The molecule has 0 saturated heterocycles. The molecule has 0 amide bonds. The summed E-state index contributed by atoms with van der Waals surface area (Å²) in [4.78, 5) is 0. The van der Waals surface area contributed by atoms with E-state index >= 15 is 0 Å². The van der Waals surface area contributed by atoms with E-state index in [2.05, 4.69) is 14.6 Å². The lowest BCUT2D eigenvalue weighted by Crippen LogP contribution is -1.98. The Balaban J connectivity index is 2.17. The molecule has 1 aliphatic carbocycles. The van der Waals surface area contributed by atoms with Crippen molar-refractivity contribution in [2.45, 2.75) is 25.3 Å². The van der Waals surface area contributed by atoms with Crippen LogP contribution in [0.2, 0.25) is 0 Å². The van der Waals surface area contributed by atoms with E-state index in [1.807, 2.05) is 18.3 Å². The summed E-state index contributed by atoms with van der Waals surface area (Å²) in [5.41, 5.74) is 7.58. The highest BCUT2D eigenvalue weighted by Gasteiger charge is 2.28. The second-order valence-corrected chi connectivity index (χ2v) is 3.80. The fourth-order valence-electron chi connectivity index (χ4n) is 1.70. The van der Waals surface area contributed by atoms with E-state index in [4.69, 9.17) is 5.73 Å². The van der Waals surface area contributed by atoms with Crippen LogP contribution in [0.3, 0.4) is 0 Å². The SMILES string of the molecule is NCc1ccn2c(C3CC3)nnc2c1. The van der Waals surface area contributed by atoms with Crippen LogP contribution in [-0.2, 0) is 6.54 Å². The molecule has 0 radical (unpaired) electrons. The minimum atomic E-state index is 0.558. The second-order valence-electron chi connectivity index (χ2n) is 3.80. The van der Waals surface area contributed by atoms with E-state index in [9.17, 15) is 0 Å². The fourth-order valence-corrected chi connectivity index (χ4v) is 1.70. The first kappa shape index (κ1) is 7.94. The first-order chi connectivity index (χ1) is 6.88. The van der Waals surface area contributed by atoms with Gasteiger partial charge in [-0.05, 0) is 30.5 Å². The molecule has 2 heterocycles. The summed E-state index contributed by atoms with van der Waals surface area (Å²) >= 11 is 0. The predicted molar refractivity (Wildman–Crippen MR) is 52.9 cm³/mol. The van der Waals surface area contributed by atoms with Gasteiger partial charge in [0.25, 0.3) is 0 Å². The molecule has 14 heavy (non-hydrogen) atoms. The van der Waals surface area contributed by atoms with Crippen molar-refractivity contribution in [2.75, 3.05) is 0 Å². The maximum Gasteiger partial charge on any atom is 0.161 e. The van der Waals surface area contributed by atoms with Crippen LogP contribution in [0.15, 0.2) is 18.3 Å². The number of pyridine rings is 1. The topological polar surface area (TPSA) is 56.2 Å². The van der Waals surface area contributed by atoms with Gasteiger partial charge in [0.05, 0.1) is 0 Å². The summed E-state index contributed by atoms with van der Waals surface area (Å²) in [5, 5.41) is 8.35. The minimum Gasteiger partial charge on any atom is -0.326 e. The van der Waals surface area contributed by atoms with E-state index in [0.29, 0.717) is 12.5 Å². The third-order valence-electron chi connectivity index (χ3n) is 2.68. The average molecular weight is 188 g/mol. The van der Waals surface area contributed by atoms with Crippen molar-refractivity contribution in [2.24, 2.45) is 5.73 Å². The van der Waals surface area contributed by atoms with Crippen molar-refractivity contribution in [3.05, 3.63) is 29.7 Å². The molecular weight excluding hydrogens is 176 g/mol. The first-order valence-corrected chi connectivity index (χ1v) is 4.92. The van der Waals surface area contributed by atoms with Gasteiger partial charge in [0, 0.05) is 18.7 Å². The van der Waals surface area contributed by atoms with Gasteiger partial charge in [-0.15, -0.1) is 10.2 Å². The summed E-state index contributed by atoms with van der Waals surface area (Å²) < 4.78 is 2.07. The highest BCUT2D eigenvalue weighted by Crippen LogP contribution is 2.38. The largest absolute Gasteiger partial charge is 0.326 e. The van der Waals surface area contributed by atoms with Crippen molar-refractivity contribution >= 4 is 5.65 Å². The van der Waals surface area contributed by atoms with Crippen LogP contribution < -0.4 is 5.73 Å². The zero-order valence-corrected chi connectivity index (χ0v) is 7.85. The quantitative estimate of drug-likeness (QED) is 0.766. The smallest absolute Gasteiger partial charge is 0.161 e. The third kappa shape index (κ3) is 1.11. The number of nitrogens with two attached hydrogens (primary N) is 1. The minimum absolute atomic E-state index is 0.558. The van der Waals surface area contributed by atoms with Gasteiger partial charge in [0.1, 0.15) is 5.82 Å². The van der Waals surface area contributed by atoms with Crippen LogP contribution in [0.4, 0.5) is 0 Å². The Kier molecular flexibility index (Phi) is 1.58. The van der Waals surface area contributed by atoms with E-state index in [1.165, 1.54) is 12.8 Å². The van der Waals surface area contributed by atoms with Crippen molar-refractivity contribution in [3.63, 3.8) is 0 Å². The van der Waals surface area contributed by atoms with Crippen LogP contribution in [0.5, 0.6) is 0 Å². The van der Waals surface area contributed by atoms with Crippen molar-refractivity contribution in [3.8, 4) is 0 Å². The number of hydrogen-bond donors (Lipinski definition) is 1. The van der Waals surface area contributed by atoms with E-state index in [-0.39, 0.29) is 0 Å². The average Bonchev–Trinajstić information content (AvgIpc) is 2.98. The Hall–Kier alpha value is -1.42. The van der Waals surface area contributed by atoms with Gasteiger partial charge in [0.2, 0.25) is 0 Å². The maximum absolute atomic E-state index is 5.56. The Bertz CT molecular complexity index is 470. The van der Waals surface area contributed by atoms with Gasteiger partial charge >= 0.3 is 0 Å². The Morgan fingerprint density at radius 1 is 1.43 bits per heavy atom. The predicted octanol–water partition coefficient (Wildman–Crippen LogP) is 1.07. The lowest BCUT2D eigenvalue weighted by molar-refractivity contribution is 0.895. The molecule has 4 heteroatoms. The molecule has 2 aromatic rings. The van der Waals surface area contributed by atoms with Gasteiger partial charge < -0.3 is 5.73 Å². The third-order valence-corrected chi connectivity index (χ3v) is 2.68. The molecule has 0 unspecified atom stereocenters. The second kappa shape index (κ2) is 2.78. The lowest BCUT2D eigenvalue weighted by atomic mass is 10.2. The molecule has 0 spiro atoms. The highest BCUT2D eigenvalue weighted by molar-refractivity contribution is 5.42. The molecule has 0 aromatic carbocycles. The molecule has 0 atom stereocenters. The van der Waals surface area contributed by atoms with Crippen molar-refractivity contribution < 1.29 is 0 Å². The number of hydrogen-bond acceptors (Lipinski definition) is 3. The number of aromatic nitrogens is 3. The van der Waals surface area contributed by atoms with Gasteiger partial charge in [-0.25, -0.2) is 0 Å². The lowest BCUT2D eigenvalue weighted by Gasteiger charge is -1.99. The molecule has 0 bridgehead atoms. The van der Waals surface area contributed by atoms with Gasteiger partial charge in [-0.1, -0.05) is 0 Å². The molecule has 1 fully saturated rings. The number of rotatable bonds is 2. The van der Waals surface area contributed by atoms with Crippen LogP contribution in [0.1, 0.15) is 30.1 Å². The number of fused-ring (bicyclic) bond motifs is 1. The summed E-state index contributed by atoms with van der Waals surface area (Å²) in [5.74, 6) is 1.73. The molecule has 72 valence electrons. The molecule has 3 rings (SSSR count). The zero-order valence-electron chi connectivity index (χ0n) is 7.85. The van der Waals surface area contributed by atoms with Crippen LogP contribution in [0.25, 0.3) is 5.65 Å². The molecule has 2 N–H and O–H groups in total. The van der Waals surface area contributed by atoms with E-state index < -0.39 is 0 Å². The zero-order chi connectivity index (χ0) is 9.54. The van der Waals surface area contributed by atoms with Crippen LogP contribution in [-0.4, -0.2) is 14.6 Å². The first-order valence-electron chi connectivity index (χ1n) is 4.92.